The van der Waals surface area contributed by atoms with Crippen molar-refractivity contribution < 1.29 is 4.74 Å². The maximum Gasteiger partial charge on any atom is 0.0726 e. The van der Waals surface area contributed by atoms with E-state index in [0.29, 0.717) is 12.2 Å². The molecule has 2 heteroatoms. The van der Waals surface area contributed by atoms with Crippen molar-refractivity contribution in [2.24, 2.45) is 0 Å². The van der Waals surface area contributed by atoms with Gasteiger partial charge in [0.1, 0.15) is 0 Å². The maximum atomic E-state index is 5.81. The Balaban J connectivity index is 1.81. The molecule has 1 aliphatic heterocycles. The van der Waals surface area contributed by atoms with Crippen molar-refractivity contribution in [3.63, 3.8) is 0 Å². The molecule has 1 aromatic rings. The summed E-state index contributed by atoms with van der Waals surface area (Å²) in [5, 5.41) is 0. The number of hydrogen-bond acceptors (Lipinski definition) is 2. The molecule has 1 heterocycles. The lowest BCUT2D eigenvalue weighted by Crippen LogP contribution is -2.45. The topological polar surface area (TPSA) is 12.5 Å². The van der Waals surface area contributed by atoms with Crippen LogP contribution in [0.1, 0.15) is 58.4 Å². The number of morpholine rings is 1. The van der Waals surface area contributed by atoms with E-state index in [9.17, 15) is 0 Å². The van der Waals surface area contributed by atoms with Gasteiger partial charge in [-0.1, -0.05) is 44.7 Å². The first-order valence-corrected chi connectivity index (χ1v) is 8.68. The average Bonchev–Trinajstić information content (AvgIpc) is 2.47. The molecule has 2 rings (SSSR count). The Hall–Kier alpha value is -1.02. The second-order valence-corrected chi connectivity index (χ2v) is 6.49. The van der Waals surface area contributed by atoms with Crippen LogP contribution in [0.4, 0.5) is 5.69 Å². The molecule has 0 aliphatic carbocycles. The number of hydrogen-bond donors (Lipinski definition) is 0. The van der Waals surface area contributed by atoms with E-state index in [0.717, 1.165) is 13.1 Å². The van der Waals surface area contributed by atoms with E-state index in [1.54, 1.807) is 0 Å². The van der Waals surface area contributed by atoms with Crippen LogP contribution in [0, 0.1) is 0 Å². The Morgan fingerprint density at radius 3 is 2.19 bits per heavy atom. The Labute approximate surface area is 130 Å². The van der Waals surface area contributed by atoms with Gasteiger partial charge in [0.25, 0.3) is 0 Å². The van der Waals surface area contributed by atoms with Crippen LogP contribution in [0.5, 0.6) is 0 Å². The molecule has 1 aromatic carbocycles. The van der Waals surface area contributed by atoms with Crippen molar-refractivity contribution in [1.29, 1.82) is 0 Å². The predicted octanol–water partition coefficient (Wildman–Crippen LogP) is 4.81. The molecule has 21 heavy (non-hydrogen) atoms. The van der Waals surface area contributed by atoms with Crippen LogP contribution < -0.4 is 4.90 Å². The summed E-state index contributed by atoms with van der Waals surface area (Å²) < 4.78 is 5.81. The van der Waals surface area contributed by atoms with Crippen LogP contribution in [0.3, 0.4) is 0 Å². The first-order chi connectivity index (χ1) is 10.2. The fraction of sp³-hybridized carbons (Fsp3) is 0.684. The van der Waals surface area contributed by atoms with Crippen LogP contribution in [0.25, 0.3) is 0 Å². The van der Waals surface area contributed by atoms with E-state index in [-0.39, 0.29) is 0 Å². The largest absolute Gasteiger partial charge is 0.372 e. The summed E-state index contributed by atoms with van der Waals surface area (Å²) in [6.45, 7) is 8.59. The van der Waals surface area contributed by atoms with Gasteiger partial charge in [0.05, 0.1) is 12.2 Å². The number of aryl methyl sites for hydroxylation is 1. The maximum absolute atomic E-state index is 5.81. The number of nitrogens with zero attached hydrogens (tertiary/aromatic N) is 1. The number of unbranched alkanes of at least 4 members (excludes halogenated alkanes) is 4. The van der Waals surface area contributed by atoms with Crippen LogP contribution in [-0.2, 0) is 11.2 Å². The van der Waals surface area contributed by atoms with Crippen LogP contribution in [0.15, 0.2) is 24.3 Å². The van der Waals surface area contributed by atoms with Crippen molar-refractivity contribution in [2.45, 2.75) is 71.5 Å². The first-order valence-electron chi connectivity index (χ1n) is 8.68. The van der Waals surface area contributed by atoms with Crippen molar-refractivity contribution in [1.82, 2.24) is 0 Å². The van der Waals surface area contributed by atoms with Crippen LogP contribution in [0.2, 0.25) is 0 Å². The smallest absolute Gasteiger partial charge is 0.0726 e. The SMILES string of the molecule is CCCCCCCc1ccc(N2C[C@@H](C)O[C@H](C)C2)cc1. The zero-order chi connectivity index (χ0) is 15.1. The molecular weight excluding hydrogens is 258 g/mol. The molecule has 0 N–H and O–H groups in total. The van der Waals surface area contributed by atoms with Gasteiger partial charge in [0, 0.05) is 18.8 Å². The van der Waals surface area contributed by atoms with Crippen molar-refractivity contribution in [2.75, 3.05) is 18.0 Å². The Morgan fingerprint density at radius 2 is 1.57 bits per heavy atom. The third kappa shape index (κ3) is 5.35. The molecule has 0 unspecified atom stereocenters. The minimum absolute atomic E-state index is 0.326. The molecule has 118 valence electrons. The highest BCUT2D eigenvalue weighted by atomic mass is 16.5. The summed E-state index contributed by atoms with van der Waals surface area (Å²) in [7, 11) is 0. The zero-order valence-electron chi connectivity index (χ0n) is 14.0. The van der Waals surface area contributed by atoms with Crippen molar-refractivity contribution in [3.8, 4) is 0 Å². The zero-order valence-corrected chi connectivity index (χ0v) is 14.0. The van der Waals surface area contributed by atoms with Gasteiger partial charge >= 0.3 is 0 Å². The number of anilines is 1. The lowest BCUT2D eigenvalue weighted by molar-refractivity contribution is -0.00521. The van der Waals surface area contributed by atoms with Crippen LogP contribution in [-0.4, -0.2) is 25.3 Å². The number of rotatable bonds is 7. The Kier molecular flexibility index (Phi) is 6.56. The highest BCUT2D eigenvalue weighted by Crippen LogP contribution is 2.21. The Morgan fingerprint density at radius 1 is 0.952 bits per heavy atom. The van der Waals surface area contributed by atoms with Gasteiger partial charge in [-0.3, -0.25) is 0 Å². The molecular formula is C19H31NO. The third-order valence-electron chi connectivity index (χ3n) is 4.29. The molecule has 0 aromatic heterocycles. The summed E-state index contributed by atoms with van der Waals surface area (Å²) in [6, 6.07) is 9.18. The second kappa shape index (κ2) is 8.43. The van der Waals surface area contributed by atoms with E-state index >= 15 is 0 Å². The van der Waals surface area contributed by atoms with Crippen molar-refractivity contribution in [3.05, 3.63) is 29.8 Å². The van der Waals surface area contributed by atoms with E-state index < -0.39 is 0 Å². The van der Waals surface area contributed by atoms with Gasteiger partial charge in [-0.2, -0.15) is 0 Å². The molecule has 0 saturated carbocycles. The molecule has 0 bridgehead atoms. The summed E-state index contributed by atoms with van der Waals surface area (Å²) >= 11 is 0. The van der Waals surface area contributed by atoms with E-state index in [1.807, 2.05) is 0 Å². The lowest BCUT2D eigenvalue weighted by Gasteiger charge is -2.36. The molecule has 1 fully saturated rings. The van der Waals surface area contributed by atoms with Gasteiger partial charge in [-0.15, -0.1) is 0 Å². The summed E-state index contributed by atoms with van der Waals surface area (Å²) in [4.78, 5) is 2.45. The molecule has 0 radical (unpaired) electrons. The third-order valence-corrected chi connectivity index (χ3v) is 4.29. The summed E-state index contributed by atoms with van der Waals surface area (Å²) in [5.41, 5.74) is 2.82. The molecule has 1 aliphatic rings. The van der Waals surface area contributed by atoms with Gasteiger partial charge < -0.3 is 9.64 Å². The highest BCUT2D eigenvalue weighted by Gasteiger charge is 2.22. The van der Waals surface area contributed by atoms with Gasteiger partial charge in [-0.05, 0) is 44.4 Å². The summed E-state index contributed by atoms with van der Waals surface area (Å²) in [5.74, 6) is 0. The minimum atomic E-state index is 0.326. The molecule has 2 atom stereocenters. The fourth-order valence-electron chi connectivity index (χ4n) is 3.19. The predicted molar refractivity (Wildman–Crippen MR) is 91.1 cm³/mol. The molecule has 1 saturated heterocycles. The Bertz CT molecular complexity index is 391. The standard InChI is InChI=1S/C19H31NO/c1-4-5-6-7-8-9-18-10-12-19(13-11-18)20-14-16(2)21-17(3)15-20/h10-13,16-17H,4-9,14-15H2,1-3H3/t16-,17-/m1/s1. The van der Waals surface area contributed by atoms with Gasteiger partial charge in [0.2, 0.25) is 0 Å². The van der Waals surface area contributed by atoms with Crippen molar-refractivity contribution >= 4 is 5.69 Å². The second-order valence-electron chi connectivity index (χ2n) is 6.49. The number of benzene rings is 1. The first kappa shape index (κ1) is 16.4. The fourth-order valence-corrected chi connectivity index (χ4v) is 3.19. The highest BCUT2D eigenvalue weighted by molar-refractivity contribution is 5.48. The van der Waals surface area contributed by atoms with Gasteiger partial charge in [-0.25, -0.2) is 0 Å². The molecule has 2 nitrogen and oxygen atoms in total. The quantitative estimate of drug-likeness (QED) is 0.668. The summed E-state index contributed by atoms with van der Waals surface area (Å²) in [6.07, 6.45) is 8.66. The normalized spacial score (nSPS) is 22.5. The van der Waals surface area contributed by atoms with E-state index in [4.69, 9.17) is 4.74 Å². The van der Waals surface area contributed by atoms with Gasteiger partial charge in [0.15, 0.2) is 0 Å². The minimum Gasteiger partial charge on any atom is -0.372 e. The lowest BCUT2D eigenvalue weighted by atomic mass is 10.0. The average molecular weight is 289 g/mol. The number of ether oxygens (including phenoxy) is 1. The molecule has 0 spiro atoms. The van der Waals surface area contributed by atoms with E-state index in [2.05, 4.69) is 49.9 Å². The monoisotopic (exact) mass is 289 g/mol. The van der Waals surface area contributed by atoms with E-state index in [1.165, 1.54) is 49.8 Å². The molecule has 0 amide bonds. The van der Waals surface area contributed by atoms with Crippen LogP contribution >= 0.6 is 0 Å².